The highest BCUT2D eigenvalue weighted by Crippen LogP contribution is 2.41. The van der Waals surface area contributed by atoms with Gasteiger partial charge in [0.25, 0.3) is 0 Å². The third-order valence-electron chi connectivity index (χ3n) is 9.59. The Morgan fingerprint density at radius 3 is 2.41 bits per heavy atom. The van der Waals surface area contributed by atoms with E-state index in [1.807, 2.05) is 11.3 Å². The van der Waals surface area contributed by atoms with Crippen molar-refractivity contribution in [3.05, 3.63) is 63.8 Å². The first-order chi connectivity index (χ1) is 19.9. The largest absolute Gasteiger partial charge is 0.423 e. The third-order valence-corrected chi connectivity index (χ3v) is 10.5. The van der Waals surface area contributed by atoms with E-state index in [1.54, 1.807) is 4.88 Å². The van der Waals surface area contributed by atoms with E-state index in [4.69, 9.17) is 9.40 Å². The summed E-state index contributed by atoms with van der Waals surface area (Å²) in [6, 6.07) is 13.3. The molecule has 2 unspecified atom stereocenters. The van der Waals surface area contributed by atoms with Crippen molar-refractivity contribution < 1.29 is 4.42 Å². The number of anilines is 2. The monoisotopic (exact) mass is 576 g/mol. The van der Waals surface area contributed by atoms with E-state index in [2.05, 4.69) is 91.3 Å². The minimum absolute atomic E-state index is 0.245. The summed E-state index contributed by atoms with van der Waals surface area (Å²) in [7, 11) is 4.34. The van der Waals surface area contributed by atoms with Gasteiger partial charge in [-0.15, -0.1) is 11.3 Å². The van der Waals surface area contributed by atoms with Crippen LogP contribution in [0.4, 0.5) is 11.6 Å². The van der Waals surface area contributed by atoms with E-state index in [1.165, 1.54) is 56.2 Å². The zero-order valence-electron chi connectivity index (χ0n) is 26.1. The molecule has 2 atom stereocenters. The summed E-state index contributed by atoms with van der Waals surface area (Å²) < 4.78 is 6.86. The molecular weight excluding hydrogens is 524 g/mol. The van der Waals surface area contributed by atoms with Gasteiger partial charge in [-0.25, -0.2) is 4.98 Å². The Kier molecular flexibility index (Phi) is 10.5. The lowest BCUT2D eigenvalue weighted by atomic mass is 9.77. The maximum absolute atomic E-state index is 6.86. The Morgan fingerprint density at radius 2 is 1.73 bits per heavy atom. The van der Waals surface area contributed by atoms with E-state index >= 15 is 0 Å². The van der Waals surface area contributed by atoms with Gasteiger partial charge in [-0.3, -0.25) is 4.90 Å². The van der Waals surface area contributed by atoms with Gasteiger partial charge in [0, 0.05) is 38.5 Å². The first-order valence-corrected chi connectivity index (χ1v) is 17.1. The van der Waals surface area contributed by atoms with Crippen LogP contribution in [-0.2, 0) is 12.8 Å². The Balaban J connectivity index is 1.32. The van der Waals surface area contributed by atoms with E-state index in [0.29, 0.717) is 5.92 Å². The number of nitrogens with zero attached hydrogens (tertiary/aromatic N) is 4. The van der Waals surface area contributed by atoms with Gasteiger partial charge in [-0.1, -0.05) is 63.9 Å². The van der Waals surface area contributed by atoms with Crippen LogP contribution in [0.5, 0.6) is 0 Å². The maximum atomic E-state index is 6.86. The molecule has 5 rings (SSSR count). The zero-order valence-corrected chi connectivity index (χ0v) is 27.0. The molecule has 0 radical (unpaired) electrons. The van der Waals surface area contributed by atoms with Gasteiger partial charge in [0.15, 0.2) is 0 Å². The second-order valence-electron chi connectivity index (χ2n) is 12.8. The van der Waals surface area contributed by atoms with Crippen LogP contribution in [0, 0.1) is 17.8 Å². The number of hydrogen-bond acceptors (Lipinski definition) is 6. The normalized spacial score (nSPS) is 22.3. The molecule has 0 N–H and O–H groups in total. The van der Waals surface area contributed by atoms with Crippen LogP contribution in [0.25, 0.3) is 0 Å². The number of thiophene rings is 1. The van der Waals surface area contributed by atoms with Crippen LogP contribution in [0.15, 0.2) is 46.2 Å². The average Bonchev–Trinajstić information content (AvgIpc) is 3.62. The first-order valence-electron chi connectivity index (χ1n) is 16.2. The number of oxazole rings is 1. The average molecular weight is 577 g/mol. The summed E-state index contributed by atoms with van der Waals surface area (Å²) in [6.45, 7) is 11.1. The Bertz CT molecular complexity index is 1190. The summed E-state index contributed by atoms with van der Waals surface area (Å²) in [4.78, 5) is 14.2. The van der Waals surface area contributed by atoms with Crippen molar-refractivity contribution in [3.8, 4) is 0 Å². The van der Waals surface area contributed by atoms with Gasteiger partial charge in [0.05, 0.1) is 11.7 Å². The fourth-order valence-electron chi connectivity index (χ4n) is 7.23. The summed E-state index contributed by atoms with van der Waals surface area (Å²) in [5.41, 5.74) is 3.83. The summed E-state index contributed by atoms with van der Waals surface area (Å²) >= 11 is 1.93. The molecule has 0 spiro atoms. The van der Waals surface area contributed by atoms with Crippen LogP contribution in [0.2, 0.25) is 0 Å². The van der Waals surface area contributed by atoms with E-state index in [0.717, 1.165) is 68.3 Å². The van der Waals surface area contributed by atoms with Crippen LogP contribution < -0.4 is 9.80 Å². The topological polar surface area (TPSA) is 35.8 Å². The van der Waals surface area contributed by atoms with Crippen molar-refractivity contribution >= 4 is 22.9 Å². The minimum atomic E-state index is 0.245. The number of hydrogen-bond donors (Lipinski definition) is 0. The zero-order chi connectivity index (χ0) is 28.8. The van der Waals surface area contributed by atoms with Gasteiger partial charge >= 0.3 is 0 Å². The molecule has 1 aromatic carbocycles. The number of piperidine rings is 1. The van der Waals surface area contributed by atoms with Gasteiger partial charge in [0.2, 0.25) is 11.8 Å². The quantitative estimate of drug-likeness (QED) is 0.216. The Hall–Kier alpha value is -2.31. The SMILES string of the molecule is CCN(CC)C(CC1CCC(Cc2sccc2N(C)C)CC1)c1nc(Cc2ccccc2)c(N2CCCC(C)C2)o1. The van der Waals surface area contributed by atoms with Crippen molar-refractivity contribution in [1.82, 2.24) is 9.88 Å². The lowest BCUT2D eigenvalue weighted by Gasteiger charge is -2.34. The van der Waals surface area contributed by atoms with Crippen LogP contribution >= 0.6 is 11.3 Å². The minimum Gasteiger partial charge on any atom is -0.423 e. The van der Waals surface area contributed by atoms with Crippen LogP contribution in [0.3, 0.4) is 0 Å². The fraction of sp³-hybridized carbons (Fsp3) is 0.629. The summed E-state index contributed by atoms with van der Waals surface area (Å²) in [6.07, 6.45) is 11.1. The first kappa shape index (κ1) is 30.2. The maximum Gasteiger partial charge on any atom is 0.220 e. The number of aromatic nitrogens is 1. The molecule has 2 aromatic heterocycles. The van der Waals surface area contributed by atoms with Gasteiger partial charge < -0.3 is 14.2 Å². The van der Waals surface area contributed by atoms with E-state index in [-0.39, 0.29) is 6.04 Å². The molecule has 224 valence electrons. The van der Waals surface area contributed by atoms with Crippen molar-refractivity contribution in [1.29, 1.82) is 0 Å². The van der Waals surface area contributed by atoms with Crippen molar-refractivity contribution in [2.75, 3.05) is 50.1 Å². The molecular formula is C35H52N4OS. The highest BCUT2D eigenvalue weighted by atomic mass is 32.1. The molecule has 0 amide bonds. The van der Waals surface area contributed by atoms with E-state index < -0.39 is 0 Å². The number of rotatable bonds is 12. The number of benzene rings is 1. The van der Waals surface area contributed by atoms with Crippen LogP contribution in [0.1, 0.15) is 93.8 Å². The van der Waals surface area contributed by atoms with Crippen molar-refractivity contribution in [2.24, 2.45) is 17.8 Å². The Morgan fingerprint density at radius 1 is 1.00 bits per heavy atom. The highest BCUT2D eigenvalue weighted by molar-refractivity contribution is 7.10. The predicted octanol–water partition coefficient (Wildman–Crippen LogP) is 8.45. The smallest absolute Gasteiger partial charge is 0.220 e. The predicted molar refractivity (Wildman–Crippen MR) is 174 cm³/mol. The molecule has 6 heteroatoms. The van der Waals surface area contributed by atoms with E-state index in [9.17, 15) is 0 Å². The summed E-state index contributed by atoms with van der Waals surface area (Å²) in [5, 5.41) is 2.26. The van der Waals surface area contributed by atoms with Gasteiger partial charge in [-0.05, 0) is 86.4 Å². The van der Waals surface area contributed by atoms with Crippen LogP contribution in [-0.4, -0.2) is 50.2 Å². The molecule has 1 saturated carbocycles. The fourth-order valence-corrected chi connectivity index (χ4v) is 8.30. The second kappa shape index (κ2) is 14.2. The summed E-state index contributed by atoms with van der Waals surface area (Å²) in [5.74, 6) is 4.21. The van der Waals surface area contributed by atoms with Gasteiger partial charge in [-0.2, -0.15) is 0 Å². The molecule has 3 heterocycles. The lowest BCUT2D eigenvalue weighted by molar-refractivity contribution is 0.137. The molecule has 3 aromatic rings. The third kappa shape index (κ3) is 7.56. The molecule has 1 aliphatic heterocycles. The highest BCUT2D eigenvalue weighted by Gasteiger charge is 2.32. The molecule has 0 bridgehead atoms. The molecule has 41 heavy (non-hydrogen) atoms. The van der Waals surface area contributed by atoms with Gasteiger partial charge in [0.1, 0.15) is 5.69 Å². The molecule has 2 aliphatic rings. The molecule has 2 fully saturated rings. The second-order valence-corrected chi connectivity index (χ2v) is 13.8. The molecule has 5 nitrogen and oxygen atoms in total. The Labute approximate surface area is 252 Å². The lowest BCUT2D eigenvalue weighted by Crippen LogP contribution is -2.34. The molecule has 1 saturated heterocycles. The molecule has 1 aliphatic carbocycles. The van der Waals surface area contributed by atoms with Crippen molar-refractivity contribution in [2.45, 2.75) is 84.6 Å². The van der Waals surface area contributed by atoms with Crippen molar-refractivity contribution in [3.63, 3.8) is 0 Å². The standard InChI is InChI=1S/C35H52N4OS/c1-6-38(7-2)32(23-28-15-17-29(18-16-28)24-33-31(37(4)5)19-21-41-33)34-36-30(22-27-13-9-8-10-14-27)35(40-34)39-20-11-12-26(3)25-39/h8-10,13-14,19,21,26,28-29,32H,6-7,11-12,15-18,20,22-25H2,1-5H3.